The second-order valence-corrected chi connectivity index (χ2v) is 7.43. The quantitative estimate of drug-likeness (QED) is 0.746. The van der Waals surface area contributed by atoms with E-state index in [1.54, 1.807) is 12.4 Å². The molecule has 4 heterocycles. The number of fused-ring (bicyclic) bond motifs is 1. The molecule has 3 aromatic rings. The Morgan fingerprint density at radius 3 is 2.89 bits per heavy atom. The van der Waals surface area contributed by atoms with Crippen LogP contribution in [0.15, 0.2) is 43.0 Å². The lowest BCUT2D eigenvalue weighted by Gasteiger charge is -2.29. The van der Waals surface area contributed by atoms with Crippen molar-refractivity contribution >= 4 is 23.4 Å². The molecule has 7 heteroatoms. The van der Waals surface area contributed by atoms with Crippen molar-refractivity contribution < 1.29 is 0 Å². The standard InChI is InChI=1S/C20H19ClN6/c21-17-11-23-19(8-16(17)13-2-1-6-22-9-13)27-7-5-18-14(12-27)10-24-20(26-18)25-15-3-4-15/h1-2,6,8-11,15H,3-5,7,12H2,(H,24,25,26). The van der Waals surface area contributed by atoms with Gasteiger partial charge in [-0.3, -0.25) is 4.98 Å². The summed E-state index contributed by atoms with van der Waals surface area (Å²) in [5.41, 5.74) is 4.22. The van der Waals surface area contributed by atoms with Crippen molar-refractivity contribution in [2.45, 2.75) is 31.8 Å². The molecule has 0 radical (unpaired) electrons. The van der Waals surface area contributed by atoms with E-state index in [4.69, 9.17) is 16.6 Å². The monoisotopic (exact) mass is 378 g/mol. The molecule has 5 rings (SSSR count). The lowest BCUT2D eigenvalue weighted by molar-refractivity contribution is 0.697. The van der Waals surface area contributed by atoms with E-state index < -0.39 is 0 Å². The predicted octanol–water partition coefficient (Wildman–Crippen LogP) is 3.72. The summed E-state index contributed by atoms with van der Waals surface area (Å²) in [6, 6.07) is 6.51. The fraction of sp³-hybridized carbons (Fsp3) is 0.300. The molecule has 0 aromatic carbocycles. The average Bonchev–Trinajstić information content (AvgIpc) is 3.53. The zero-order valence-electron chi connectivity index (χ0n) is 14.8. The molecule has 1 aliphatic heterocycles. The maximum absolute atomic E-state index is 6.38. The molecule has 3 aromatic heterocycles. The smallest absolute Gasteiger partial charge is 0.223 e. The van der Waals surface area contributed by atoms with Gasteiger partial charge in [0, 0.05) is 67.0 Å². The highest BCUT2D eigenvalue weighted by atomic mass is 35.5. The summed E-state index contributed by atoms with van der Waals surface area (Å²) in [5, 5.41) is 4.00. The molecule has 1 N–H and O–H groups in total. The molecule has 0 saturated heterocycles. The molecular formula is C20H19ClN6. The van der Waals surface area contributed by atoms with Gasteiger partial charge in [0.2, 0.25) is 5.95 Å². The highest BCUT2D eigenvalue weighted by Gasteiger charge is 2.24. The molecule has 1 fully saturated rings. The van der Waals surface area contributed by atoms with Crippen LogP contribution in [-0.4, -0.2) is 32.5 Å². The Kier molecular flexibility index (Phi) is 4.13. The van der Waals surface area contributed by atoms with Gasteiger partial charge in [-0.2, -0.15) is 0 Å². The Labute approximate surface area is 162 Å². The van der Waals surface area contributed by atoms with Crippen molar-refractivity contribution in [2.75, 3.05) is 16.8 Å². The van der Waals surface area contributed by atoms with Gasteiger partial charge in [-0.25, -0.2) is 15.0 Å². The van der Waals surface area contributed by atoms with Gasteiger partial charge in [0.1, 0.15) is 5.82 Å². The number of anilines is 2. The summed E-state index contributed by atoms with van der Waals surface area (Å²) in [6.07, 6.45) is 10.5. The first-order chi connectivity index (χ1) is 13.3. The van der Waals surface area contributed by atoms with Crippen LogP contribution < -0.4 is 10.2 Å². The summed E-state index contributed by atoms with van der Waals surface area (Å²) in [7, 11) is 0. The second-order valence-electron chi connectivity index (χ2n) is 7.02. The Hall–Kier alpha value is -2.73. The Balaban J connectivity index is 1.40. The van der Waals surface area contributed by atoms with Gasteiger partial charge in [0.25, 0.3) is 0 Å². The molecule has 136 valence electrons. The number of hydrogen-bond donors (Lipinski definition) is 1. The number of nitrogens with zero attached hydrogens (tertiary/aromatic N) is 5. The Morgan fingerprint density at radius 1 is 1.15 bits per heavy atom. The van der Waals surface area contributed by atoms with E-state index >= 15 is 0 Å². The largest absolute Gasteiger partial charge is 0.352 e. The van der Waals surface area contributed by atoms with Crippen LogP contribution in [0, 0.1) is 0 Å². The third kappa shape index (κ3) is 3.45. The Morgan fingerprint density at radius 2 is 2.07 bits per heavy atom. The zero-order valence-corrected chi connectivity index (χ0v) is 15.5. The summed E-state index contributed by atoms with van der Waals surface area (Å²) in [4.78, 5) is 20.2. The molecule has 1 aliphatic carbocycles. The highest BCUT2D eigenvalue weighted by molar-refractivity contribution is 6.33. The third-order valence-electron chi connectivity index (χ3n) is 4.98. The van der Waals surface area contributed by atoms with Crippen LogP contribution in [0.1, 0.15) is 24.1 Å². The molecule has 0 bridgehead atoms. The molecule has 0 spiro atoms. The number of halogens is 1. The normalized spacial score (nSPS) is 16.1. The van der Waals surface area contributed by atoms with Crippen molar-refractivity contribution in [3.05, 3.63) is 59.3 Å². The van der Waals surface area contributed by atoms with E-state index in [0.29, 0.717) is 11.1 Å². The van der Waals surface area contributed by atoms with Crippen LogP contribution in [0.2, 0.25) is 5.02 Å². The molecule has 27 heavy (non-hydrogen) atoms. The molecular weight excluding hydrogens is 360 g/mol. The van der Waals surface area contributed by atoms with Crippen LogP contribution in [0.4, 0.5) is 11.8 Å². The first-order valence-corrected chi connectivity index (χ1v) is 9.56. The SMILES string of the molecule is Clc1cnc(N2CCc3nc(NC4CC4)ncc3C2)cc1-c1cccnc1. The number of aromatic nitrogens is 4. The summed E-state index contributed by atoms with van der Waals surface area (Å²) in [5.74, 6) is 1.66. The van der Waals surface area contributed by atoms with Crippen LogP contribution in [0.3, 0.4) is 0 Å². The topological polar surface area (TPSA) is 66.8 Å². The van der Waals surface area contributed by atoms with E-state index in [9.17, 15) is 0 Å². The maximum Gasteiger partial charge on any atom is 0.223 e. The minimum Gasteiger partial charge on any atom is -0.352 e. The summed E-state index contributed by atoms with van der Waals surface area (Å²) < 4.78 is 0. The second kappa shape index (κ2) is 6.78. The lowest BCUT2D eigenvalue weighted by atomic mass is 10.1. The number of rotatable bonds is 4. The number of nitrogens with one attached hydrogen (secondary N) is 1. The van der Waals surface area contributed by atoms with Crippen molar-refractivity contribution in [2.24, 2.45) is 0 Å². The van der Waals surface area contributed by atoms with Crippen molar-refractivity contribution in [1.82, 2.24) is 19.9 Å². The van der Waals surface area contributed by atoms with Crippen molar-refractivity contribution in [1.29, 1.82) is 0 Å². The Bertz CT molecular complexity index is 973. The van der Waals surface area contributed by atoms with E-state index in [2.05, 4.69) is 25.2 Å². The predicted molar refractivity (Wildman–Crippen MR) is 106 cm³/mol. The molecule has 0 amide bonds. The van der Waals surface area contributed by atoms with Gasteiger partial charge in [-0.15, -0.1) is 0 Å². The molecule has 0 atom stereocenters. The first kappa shape index (κ1) is 16.4. The van der Waals surface area contributed by atoms with E-state index in [1.807, 2.05) is 30.6 Å². The van der Waals surface area contributed by atoms with E-state index in [1.165, 1.54) is 12.8 Å². The van der Waals surface area contributed by atoms with Gasteiger partial charge in [-0.05, 0) is 25.0 Å². The van der Waals surface area contributed by atoms with Crippen molar-refractivity contribution in [3.63, 3.8) is 0 Å². The van der Waals surface area contributed by atoms with Gasteiger partial charge in [0.15, 0.2) is 0 Å². The minimum atomic E-state index is 0.562. The van der Waals surface area contributed by atoms with Gasteiger partial charge < -0.3 is 10.2 Å². The average molecular weight is 379 g/mol. The minimum absolute atomic E-state index is 0.562. The van der Waals surface area contributed by atoms with Crippen LogP contribution in [0.5, 0.6) is 0 Å². The molecule has 6 nitrogen and oxygen atoms in total. The zero-order chi connectivity index (χ0) is 18.2. The van der Waals surface area contributed by atoms with Gasteiger partial charge in [-0.1, -0.05) is 17.7 Å². The first-order valence-electron chi connectivity index (χ1n) is 9.18. The summed E-state index contributed by atoms with van der Waals surface area (Å²) >= 11 is 6.38. The summed E-state index contributed by atoms with van der Waals surface area (Å²) in [6.45, 7) is 1.62. The molecule has 2 aliphatic rings. The fourth-order valence-electron chi connectivity index (χ4n) is 3.34. The fourth-order valence-corrected chi connectivity index (χ4v) is 3.55. The highest BCUT2D eigenvalue weighted by Crippen LogP contribution is 2.31. The number of hydrogen-bond acceptors (Lipinski definition) is 6. The number of pyridine rings is 2. The van der Waals surface area contributed by atoms with Crippen molar-refractivity contribution in [3.8, 4) is 11.1 Å². The van der Waals surface area contributed by atoms with E-state index in [-0.39, 0.29) is 0 Å². The molecule has 0 unspecified atom stereocenters. The van der Waals surface area contributed by atoms with Crippen LogP contribution in [-0.2, 0) is 13.0 Å². The lowest BCUT2D eigenvalue weighted by Crippen LogP contribution is -2.32. The van der Waals surface area contributed by atoms with Crippen LogP contribution >= 0.6 is 11.6 Å². The maximum atomic E-state index is 6.38. The third-order valence-corrected chi connectivity index (χ3v) is 5.28. The van der Waals surface area contributed by atoms with Crippen LogP contribution in [0.25, 0.3) is 11.1 Å². The van der Waals surface area contributed by atoms with Gasteiger partial charge in [0.05, 0.1) is 10.7 Å². The molecule has 1 saturated carbocycles. The van der Waals surface area contributed by atoms with Gasteiger partial charge >= 0.3 is 0 Å². The van der Waals surface area contributed by atoms with E-state index in [0.717, 1.165) is 53.7 Å².